The van der Waals surface area contributed by atoms with Crippen molar-refractivity contribution in [1.29, 1.82) is 0 Å². The normalized spacial score (nSPS) is 26.4. The number of carbonyl (C=O) groups excluding carboxylic acids is 1. The standard InChI is InChI=1S/C14H24N2O4/c1-14(2)10-20-7-6-16(14)13(19)15-5-3-4-11(9-15)8-12(17)18/h11H,3-10H2,1-2H3,(H,17,18). The predicted molar refractivity (Wildman–Crippen MR) is 73.5 cm³/mol. The first kappa shape index (κ1) is 15.1. The van der Waals surface area contributed by atoms with Crippen molar-refractivity contribution in [1.82, 2.24) is 9.80 Å². The van der Waals surface area contributed by atoms with E-state index < -0.39 is 5.97 Å². The number of amides is 2. The number of likely N-dealkylation sites (tertiary alicyclic amines) is 1. The Morgan fingerprint density at radius 2 is 2.10 bits per heavy atom. The molecule has 2 fully saturated rings. The van der Waals surface area contributed by atoms with Crippen LogP contribution in [-0.4, -0.2) is 65.3 Å². The fraction of sp³-hybridized carbons (Fsp3) is 0.857. The molecule has 2 saturated heterocycles. The van der Waals surface area contributed by atoms with Gasteiger partial charge in [0.1, 0.15) is 0 Å². The van der Waals surface area contributed by atoms with E-state index >= 15 is 0 Å². The van der Waals surface area contributed by atoms with E-state index in [0.717, 1.165) is 19.4 Å². The van der Waals surface area contributed by atoms with Gasteiger partial charge in [-0.3, -0.25) is 4.79 Å². The lowest BCUT2D eigenvalue weighted by Gasteiger charge is -2.45. The van der Waals surface area contributed by atoms with Crippen LogP contribution in [0.4, 0.5) is 4.79 Å². The Hall–Kier alpha value is -1.30. The molecule has 0 radical (unpaired) electrons. The van der Waals surface area contributed by atoms with E-state index in [4.69, 9.17) is 9.84 Å². The van der Waals surface area contributed by atoms with E-state index in [1.807, 2.05) is 23.6 Å². The molecule has 1 atom stereocenters. The smallest absolute Gasteiger partial charge is 0.320 e. The third-order valence-electron chi connectivity index (χ3n) is 4.13. The van der Waals surface area contributed by atoms with Crippen molar-refractivity contribution in [2.75, 3.05) is 32.8 Å². The number of piperidine rings is 1. The van der Waals surface area contributed by atoms with E-state index in [0.29, 0.717) is 26.3 Å². The van der Waals surface area contributed by atoms with Crippen molar-refractivity contribution in [2.24, 2.45) is 5.92 Å². The Kier molecular flexibility index (Phi) is 4.52. The number of carbonyl (C=O) groups is 2. The number of hydrogen-bond donors (Lipinski definition) is 1. The summed E-state index contributed by atoms with van der Waals surface area (Å²) in [5, 5.41) is 8.89. The highest BCUT2D eigenvalue weighted by atomic mass is 16.5. The van der Waals surface area contributed by atoms with Gasteiger partial charge in [-0.2, -0.15) is 0 Å². The molecule has 0 aromatic rings. The van der Waals surface area contributed by atoms with Crippen LogP contribution in [0.15, 0.2) is 0 Å². The largest absolute Gasteiger partial charge is 0.481 e. The molecule has 2 aliphatic heterocycles. The third-order valence-corrected chi connectivity index (χ3v) is 4.13. The van der Waals surface area contributed by atoms with Crippen LogP contribution in [0.25, 0.3) is 0 Å². The second kappa shape index (κ2) is 5.99. The lowest BCUT2D eigenvalue weighted by molar-refractivity contribution is -0.138. The first-order valence-electron chi connectivity index (χ1n) is 7.26. The van der Waals surface area contributed by atoms with E-state index in [9.17, 15) is 9.59 Å². The van der Waals surface area contributed by atoms with Gasteiger partial charge >= 0.3 is 12.0 Å². The molecule has 2 rings (SSSR count). The van der Waals surface area contributed by atoms with Gasteiger partial charge in [-0.05, 0) is 32.6 Å². The molecular formula is C14H24N2O4. The molecule has 6 heteroatoms. The summed E-state index contributed by atoms with van der Waals surface area (Å²) in [6.07, 6.45) is 1.92. The number of carboxylic acids is 1. The minimum atomic E-state index is -0.781. The molecule has 0 spiro atoms. The third kappa shape index (κ3) is 3.42. The van der Waals surface area contributed by atoms with Crippen molar-refractivity contribution in [3.63, 3.8) is 0 Å². The van der Waals surface area contributed by atoms with Crippen molar-refractivity contribution < 1.29 is 19.4 Å². The molecule has 0 saturated carbocycles. The van der Waals surface area contributed by atoms with Crippen molar-refractivity contribution in [3.05, 3.63) is 0 Å². The minimum Gasteiger partial charge on any atom is -0.481 e. The lowest BCUT2D eigenvalue weighted by atomic mass is 9.95. The van der Waals surface area contributed by atoms with E-state index in [1.165, 1.54) is 0 Å². The van der Waals surface area contributed by atoms with Crippen LogP contribution < -0.4 is 0 Å². The molecule has 0 aromatic heterocycles. The summed E-state index contributed by atoms with van der Waals surface area (Å²) in [5.41, 5.74) is -0.297. The zero-order valence-electron chi connectivity index (χ0n) is 12.3. The van der Waals surface area contributed by atoms with E-state index in [1.54, 1.807) is 0 Å². The first-order valence-corrected chi connectivity index (χ1v) is 7.26. The maximum Gasteiger partial charge on any atom is 0.320 e. The topological polar surface area (TPSA) is 70.1 Å². The second-order valence-electron chi connectivity index (χ2n) is 6.35. The fourth-order valence-corrected chi connectivity index (χ4v) is 3.04. The van der Waals surface area contributed by atoms with Gasteiger partial charge in [0.25, 0.3) is 0 Å². The molecule has 114 valence electrons. The van der Waals surface area contributed by atoms with Crippen LogP contribution in [0.1, 0.15) is 33.1 Å². The van der Waals surface area contributed by atoms with Gasteiger partial charge < -0.3 is 19.6 Å². The zero-order chi connectivity index (χ0) is 14.8. The number of aliphatic carboxylic acids is 1. The summed E-state index contributed by atoms with van der Waals surface area (Å²) >= 11 is 0. The van der Waals surface area contributed by atoms with Crippen LogP contribution in [0.5, 0.6) is 0 Å². The summed E-state index contributed by atoms with van der Waals surface area (Å²) in [6.45, 7) is 7.01. The van der Waals surface area contributed by atoms with Gasteiger partial charge in [-0.1, -0.05) is 0 Å². The van der Waals surface area contributed by atoms with Gasteiger partial charge in [0.15, 0.2) is 0 Å². The Bertz CT molecular complexity index is 383. The molecule has 1 unspecified atom stereocenters. The number of rotatable bonds is 2. The summed E-state index contributed by atoms with van der Waals surface area (Å²) in [4.78, 5) is 27.1. The van der Waals surface area contributed by atoms with Gasteiger partial charge in [0, 0.05) is 26.1 Å². The summed E-state index contributed by atoms with van der Waals surface area (Å²) in [5.74, 6) is -0.703. The highest BCUT2D eigenvalue weighted by Crippen LogP contribution is 2.25. The number of urea groups is 1. The predicted octanol–water partition coefficient (Wildman–Crippen LogP) is 1.40. The highest BCUT2D eigenvalue weighted by Gasteiger charge is 2.37. The molecular weight excluding hydrogens is 260 g/mol. The fourth-order valence-electron chi connectivity index (χ4n) is 3.04. The van der Waals surface area contributed by atoms with E-state index in [2.05, 4.69) is 0 Å². The van der Waals surface area contributed by atoms with Crippen LogP contribution >= 0.6 is 0 Å². The summed E-state index contributed by atoms with van der Waals surface area (Å²) in [6, 6.07) is 0.0217. The average Bonchev–Trinajstić information content (AvgIpc) is 2.37. The number of hydrogen-bond acceptors (Lipinski definition) is 3. The molecule has 0 aliphatic carbocycles. The molecule has 0 bridgehead atoms. The Morgan fingerprint density at radius 3 is 2.75 bits per heavy atom. The molecule has 1 N–H and O–H groups in total. The zero-order valence-corrected chi connectivity index (χ0v) is 12.3. The van der Waals surface area contributed by atoms with Gasteiger partial charge in [-0.15, -0.1) is 0 Å². The molecule has 0 aromatic carbocycles. The van der Waals surface area contributed by atoms with Gasteiger partial charge in [0.05, 0.1) is 18.8 Å². The van der Waals surface area contributed by atoms with Crippen LogP contribution in [0.2, 0.25) is 0 Å². The van der Waals surface area contributed by atoms with Crippen molar-refractivity contribution in [2.45, 2.75) is 38.6 Å². The quantitative estimate of drug-likeness (QED) is 0.832. The lowest BCUT2D eigenvalue weighted by Crippen LogP contribution is -2.60. The molecule has 6 nitrogen and oxygen atoms in total. The number of nitrogens with zero attached hydrogens (tertiary/aromatic N) is 2. The summed E-state index contributed by atoms with van der Waals surface area (Å²) < 4.78 is 5.44. The van der Waals surface area contributed by atoms with Gasteiger partial charge in [-0.25, -0.2) is 4.79 Å². The van der Waals surface area contributed by atoms with Crippen molar-refractivity contribution >= 4 is 12.0 Å². The Labute approximate surface area is 119 Å². The molecule has 2 aliphatic rings. The maximum absolute atomic E-state index is 12.6. The molecule has 2 heterocycles. The summed E-state index contributed by atoms with van der Waals surface area (Å²) in [7, 11) is 0. The monoisotopic (exact) mass is 284 g/mol. The number of ether oxygens (including phenoxy) is 1. The SMILES string of the molecule is CC1(C)COCCN1C(=O)N1CCCC(CC(=O)O)C1. The second-order valence-corrected chi connectivity index (χ2v) is 6.35. The Balaban J connectivity index is 1.99. The number of carboxylic acid groups (broad SMARTS) is 1. The van der Waals surface area contributed by atoms with Crippen molar-refractivity contribution in [3.8, 4) is 0 Å². The Morgan fingerprint density at radius 1 is 1.35 bits per heavy atom. The first-order chi connectivity index (χ1) is 9.40. The minimum absolute atomic E-state index is 0.0217. The molecule has 20 heavy (non-hydrogen) atoms. The van der Waals surface area contributed by atoms with E-state index in [-0.39, 0.29) is 23.9 Å². The average molecular weight is 284 g/mol. The maximum atomic E-state index is 12.6. The highest BCUT2D eigenvalue weighted by molar-refractivity contribution is 5.75. The van der Waals surface area contributed by atoms with Crippen LogP contribution in [0, 0.1) is 5.92 Å². The molecule has 2 amide bonds. The van der Waals surface area contributed by atoms with Crippen LogP contribution in [0.3, 0.4) is 0 Å². The van der Waals surface area contributed by atoms with Gasteiger partial charge in [0.2, 0.25) is 0 Å². The number of morpholine rings is 1. The van der Waals surface area contributed by atoms with Crippen LogP contribution in [-0.2, 0) is 9.53 Å².